The van der Waals surface area contributed by atoms with E-state index in [1.165, 1.54) is 17.7 Å². The molecule has 1 unspecified atom stereocenters. The molecular weight excluding hydrogens is 221 g/mol. The molecule has 0 aliphatic heterocycles. The normalized spacial score (nSPS) is 12.6. The molecule has 0 radical (unpaired) electrons. The van der Waals surface area contributed by atoms with Gasteiger partial charge in [0.25, 0.3) is 0 Å². The Morgan fingerprint density at radius 1 is 1.19 bits per heavy atom. The van der Waals surface area contributed by atoms with E-state index in [0.29, 0.717) is 6.54 Å². The zero-order chi connectivity index (χ0) is 11.4. The lowest BCUT2D eigenvalue weighted by atomic mass is 9.93. The van der Waals surface area contributed by atoms with E-state index in [2.05, 4.69) is 16.8 Å². The van der Waals surface area contributed by atoms with Gasteiger partial charge in [-0.2, -0.15) is 11.3 Å². The Morgan fingerprint density at radius 3 is 2.50 bits per heavy atom. The van der Waals surface area contributed by atoms with Crippen LogP contribution in [0.15, 0.2) is 41.1 Å². The van der Waals surface area contributed by atoms with Crippen molar-refractivity contribution in [2.24, 2.45) is 5.73 Å². The van der Waals surface area contributed by atoms with E-state index in [1.54, 1.807) is 11.3 Å². The first-order valence-corrected chi connectivity index (χ1v) is 6.20. The van der Waals surface area contributed by atoms with Gasteiger partial charge in [-0.1, -0.05) is 12.1 Å². The monoisotopic (exact) mass is 235 g/mol. The number of thiophene rings is 1. The Kier molecular flexibility index (Phi) is 3.70. The first-order valence-electron chi connectivity index (χ1n) is 5.26. The predicted octanol–water partition coefficient (Wildman–Crippen LogP) is 3.17. The molecule has 1 nitrogen and oxygen atoms in total. The van der Waals surface area contributed by atoms with Gasteiger partial charge in [0.1, 0.15) is 5.82 Å². The molecule has 0 aliphatic rings. The van der Waals surface area contributed by atoms with Crippen molar-refractivity contribution in [3.05, 3.63) is 58.0 Å². The minimum Gasteiger partial charge on any atom is -0.330 e. The summed E-state index contributed by atoms with van der Waals surface area (Å²) in [7, 11) is 0. The van der Waals surface area contributed by atoms with Crippen LogP contribution < -0.4 is 5.73 Å². The smallest absolute Gasteiger partial charge is 0.123 e. The van der Waals surface area contributed by atoms with Gasteiger partial charge in [-0.3, -0.25) is 0 Å². The zero-order valence-electron chi connectivity index (χ0n) is 8.90. The Balaban J connectivity index is 2.13. The molecule has 1 atom stereocenters. The van der Waals surface area contributed by atoms with Crippen molar-refractivity contribution in [3.63, 3.8) is 0 Å². The summed E-state index contributed by atoms with van der Waals surface area (Å²) in [4.78, 5) is 0. The largest absolute Gasteiger partial charge is 0.330 e. The van der Waals surface area contributed by atoms with Crippen LogP contribution in [0.25, 0.3) is 0 Å². The molecule has 1 aromatic carbocycles. The first-order chi connectivity index (χ1) is 7.79. The second-order valence-corrected chi connectivity index (χ2v) is 4.60. The van der Waals surface area contributed by atoms with Crippen molar-refractivity contribution < 1.29 is 4.39 Å². The van der Waals surface area contributed by atoms with Crippen LogP contribution in [0, 0.1) is 5.82 Å². The molecule has 2 N–H and O–H groups in total. The highest BCUT2D eigenvalue weighted by atomic mass is 32.1. The first kappa shape index (κ1) is 11.3. The van der Waals surface area contributed by atoms with E-state index >= 15 is 0 Å². The number of benzene rings is 1. The van der Waals surface area contributed by atoms with Gasteiger partial charge in [-0.25, -0.2) is 4.39 Å². The summed E-state index contributed by atoms with van der Waals surface area (Å²) >= 11 is 1.69. The van der Waals surface area contributed by atoms with E-state index in [9.17, 15) is 4.39 Å². The molecule has 84 valence electrons. The molecule has 2 rings (SSSR count). The topological polar surface area (TPSA) is 26.0 Å². The Morgan fingerprint density at radius 2 is 1.94 bits per heavy atom. The van der Waals surface area contributed by atoms with Gasteiger partial charge < -0.3 is 5.73 Å². The van der Waals surface area contributed by atoms with Crippen LogP contribution in [0.3, 0.4) is 0 Å². The molecular formula is C13H14FNS. The molecule has 1 aromatic heterocycles. The third-order valence-electron chi connectivity index (χ3n) is 2.69. The number of hydrogen-bond acceptors (Lipinski definition) is 2. The predicted molar refractivity (Wildman–Crippen MR) is 66.2 cm³/mol. The van der Waals surface area contributed by atoms with Crippen molar-refractivity contribution in [2.75, 3.05) is 6.54 Å². The van der Waals surface area contributed by atoms with Crippen LogP contribution in [0.4, 0.5) is 4.39 Å². The van der Waals surface area contributed by atoms with Crippen LogP contribution >= 0.6 is 11.3 Å². The summed E-state index contributed by atoms with van der Waals surface area (Å²) in [6.45, 7) is 0.585. The fourth-order valence-electron chi connectivity index (χ4n) is 1.77. The molecule has 0 saturated heterocycles. The van der Waals surface area contributed by atoms with E-state index in [0.717, 1.165) is 12.0 Å². The van der Waals surface area contributed by atoms with Crippen molar-refractivity contribution in [1.82, 2.24) is 0 Å². The summed E-state index contributed by atoms with van der Waals surface area (Å²) in [5, 5.41) is 4.19. The van der Waals surface area contributed by atoms with Crippen molar-refractivity contribution in [3.8, 4) is 0 Å². The average molecular weight is 235 g/mol. The lowest BCUT2D eigenvalue weighted by molar-refractivity contribution is 0.623. The van der Waals surface area contributed by atoms with E-state index < -0.39 is 0 Å². The average Bonchev–Trinajstić information content (AvgIpc) is 2.80. The molecule has 0 saturated carbocycles. The van der Waals surface area contributed by atoms with Crippen LogP contribution in [-0.2, 0) is 6.42 Å². The number of nitrogens with two attached hydrogens (primary N) is 1. The molecule has 0 bridgehead atoms. The highest BCUT2D eigenvalue weighted by Crippen LogP contribution is 2.21. The van der Waals surface area contributed by atoms with Crippen molar-refractivity contribution in [1.29, 1.82) is 0 Å². The van der Waals surface area contributed by atoms with Crippen molar-refractivity contribution >= 4 is 11.3 Å². The van der Waals surface area contributed by atoms with E-state index in [4.69, 9.17) is 5.73 Å². The Hall–Kier alpha value is -1.19. The maximum atomic E-state index is 12.8. The van der Waals surface area contributed by atoms with Crippen molar-refractivity contribution in [2.45, 2.75) is 12.3 Å². The Labute approximate surface area is 98.7 Å². The minimum atomic E-state index is -0.199. The van der Waals surface area contributed by atoms with Gasteiger partial charge >= 0.3 is 0 Å². The quantitative estimate of drug-likeness (QED) is 0.865. The second-order valence-electron chi connectivity index (χ2n) is 3.82. The van der Waals surface area contributed by atoms with E-state index in [1.807, 2.05) is 12.1 Å². The summed E-state index contributed by atoms with van der Waals surface area (Å²) in [5.41, 5.74) is 8.17. The third-order valence-corrected chi connectivity index (χ3v) is 3.42. The van der Waals surface area contributed by atoms with Crippen LogP contribution in [0.1, 0.15) is 17.0 Å². The van der Waals surface area contributed by atoms with Crippen LogP contribution in [-0.4, -0.2) is 6.54 Å². The molecule has 16 heavy (non-hydrogen) atoms. The van der Waals surface area contributed by atoms with Gasteiger partial charge in [0.2, 0.25) is 0 Å². The fourth-order valence-corrected chi connectivity index (χ4v) is 2.45. The SMILES string of the molecule is NCC(Cc1ccsc1)c1ccc(F)cc1. The molecule has 3 heteroatoms. The maximum absolute atomic E-state index is 12.8. The summed E-state index contributed by atoms with van der Waals surface area (Å²) in [6, 6.07) is 8.73. The second kappa shape index (κ2) is 5.23. The van der Waals surface area contributed by atoms with E-state index in [-0.39, 0.29) is 11.7 Å². The zero-order valence-corrected chi connectivity index (χ0v) is 9.71. The highest BCUT2D eigenvalue weighted by Gasteiger charge is 2.10. The third kappa shape index (κ3) is 2.68. The van der Waals surface area contributed by atoms with Crippen LogP contribution in [0.2, 0.25) is 0 Å². The molecule has 1 heterocycles. The lowest BCUT2D eigenvalue weighted by Gasteiger charge is -2.14. The van der Waals surface area contributed by atoms with Gasteiger partial charge in [-0.05, 0) is 53.1 Å². The maximum Gasteiger partial charge on any atom is 0.123 e. The lowest BCUT2D eigenvalue weighted by Crippen LogP contribution is -2.14. The summed E-state index contributed by atoms with van der Waals surface area (Å²) in [5.74, 6) is 0.0743. The van der Waals surface area contributed by atoms with Gasteiger partial charge in [0.05, 0.1) is 0 Å². The summed E-state index contributed by atoms with van der Waals surface area (Å²) in [6.07, 6.45) is 0.922. The molecule has 0 amide bonds. The summed E-state index contributed by atoms with van der Waals surface area (Å²) < 4.78 is 12.8. The highest BCUT2D eigenvalue weighted by molar-refractivity contribution is 7.07. The molecule has 0 fully saturated rings. The minimum absolute atomic E-state index is 0.199. The van der Waals surface area contributed by atoms with Crippen LogP contribution in [0.5, 0.6) is 0 Å². The molecule has 0 aliphatic carbocycles. The molecule has 2 aromatic rings. The van der Waals surface area contributed by atoms with Gasteiger partial charge in [0, 0.05) is 5.92 Å². The fraction of sp³-hybridized carbons (Fsp3) is 0.231. The number of hydrogen-bond donors (Lipinski definition) is 1. The standard InChI is InChI=1S/C13H14FNS/c14-13-3-1-11(2-4-13)12(8-15)7-10-5-6-16-9-10/h1-6,9,12H,7-8,15H2. The molecule has 0 spiro atoms. The number of rotatable bonds is 4. The number of halogens is 1. The Bertz CT molecular complexity index is 422. The van der Waals surface area contributed by atoms with Gasteiger partial charge in [0.15, 0.2) is 0 Å². The van der Waals surface area contributed by atoms with Gasteiger partial charge in [-0.15, -0.1) is 0 Å².